The summed E-state index contributed by atoms with van der Waals surface area (Å²) >= 11 is 0. The lowest BCUT2D eigenvalue weighted by Gasteiger charge is -2.17. The highest BCUT2D eigenvalue weighted by Crippen LogP contribution is 2.02. The maximum Gasteiger partial charge on any atom is 0.326 e. The quantitative estimate of drug-likeness (QED) is 0.124. The van der Waals surface area contributed by atoms with Gasteiger partial charge in [-0.25, -0.2) is 4.79 Å². The number of carboxylic acid groups (broad SMARTS) is 2. The van der Waals surface area contributed by atoms with E-state index in [0.29, 0.717) is 45.2 Å². The van der Waals surface area contributed by atoms with Gasteiger partial charge in [0.15, 0.2) is 5.96 Å². The summed E-state index contributed by atoms with van der Waals surface area (Å²) in [5.74, 6) is -2.41. The lowest BCUT2D eigenvalue weighted by molar-refractivity contribution is -0.142. The van der Waals surface area contributed by atoms with Gasteiger partial charge in [0.25, 0.3) is 5.97 Å². The summed E-state index contributed by atoms with van der Waals surface area (Å²) in [4.78, 5) is 35.6. The number of nitrogens with two attached hydrogens (primary N) is 4. The molecule has 0 fully saturated rings. The van der Waals surface area contributed by atoms with Crippen LogP contribution in [0, 0.1) is 0 Å². The van der Waals surface area contributed by atoms with Crippen LogP contribution in [0.15, 0.2) is 4.99 Å². The van der Waals surface area contributed by atoms with Gasteiger partial charge in [-0.3, -0.25) is 14.6 Å². The van der Waals surface area contributed by atoms with Gasteiger partial charge < -0.3 is 38.5 Å². The molecule has 0 radical (unpaired) electrons. The molecule has 146 valence electrons. The number of guanidine groups is 1. The highest BCUT2D eigenvalue weighted by Gasteiger charge is 2.22. The first-order valence-electron chi connectivity index (χ1n) is 7.85. The van der Waals surface area contributed by atoms with Crippen LogP contribution in [0.2, 0.25) is 0 Å². The molecule has 11 N–H and O–H groups in total. The highest BCUT2D eigenvalue weighted by molar-refractivity contribution is 5.86. The van der Waals surface area contributed by atoms with Crippen molar-refractivity contribution in [1.29, 1.82) is 0 Å². The predicted molar refractivity (Wildman–Crippen MR) is 93.7 cm³/mol. The number of hydrogen-bond acceptors (Lipinski definition) is 6. The standard InChI is InChI=1S/C12H26N6O3.C2H4O2/c13-6-2-1-5-9(11(20)21)18-10(19)8(14)4-3-7-17-12(15)16;1-2(3)4/h8-9H,1-7,13-14H2,(H,18,19)(H,20,21)(H4,15,16,17);1H3,(H,3,4). The Morgan fingerprint density at radius 2 is 1.64 bits per heavy atom. The first-order chi connectivity index (χ1) is 11.6. The van der Waals surface area contributed by atoms with Crippen molar-refractivity contribution in [3.05, 3.63) is 0 Å². The zero-order chi connectivity index (χ0) is 19.8. The third kappa shape index (κ3) is 17.8. The number of hydrogen-bond donors (Lipinski definition) is 7. The monoisotopic (exact) mass is 362 g/mol. The Morgan fingerprint density at radius 3 is 2.08 bits per heavy atom. The van der Waals surface area contributed by atoms with E-state index in [-0.39, 0.29) is 5.96 Å². The van der Waals surface area contributed by atoms with Crippen molar-refractivity contribution in [2.45, 2.75) is 51.1 Å². The van der Waals surface area contributed by atoms with E-state index < -0.39 is 29.9 Å². The number of unbranched alkanes of at least 4 members (excludes halogenated alkanes) is 1. The normalized spacial score (nSPS) is 12.1. The van der Waals surface area contributed by atoms with Crippen molar-refractivity contribution in [1.82, 2.24) is 5.32 Å². The Labute approximate surface area is 146 Å². The number of amides is 1. The number of rotatable bonds is 11. The van der Waals surface area contributed by atoms with E-state index in [0.717, 1.165) is 6.92 Å². The van der Waals surface area contributed by atoms with Gasteiger partial charge in [-0.1, -0.05) is 0 Å². The summed E-state index contributed by atoms with van der Waals surface area (Å²) in [6.07, 6.45) is 2.59. The van der Waals surface area contributed by atoms with Crippen LogP contribution in [0.3, 0.4) is 0 Å². The van der Waals surface area contributed by atoms with E-state index in [1.165, 1.54) is 0 Å². The molecule has 25 heavy (non-hydrogen) atoms. The van der Waals surface area contributed by atoms with Crippen LogP contribution in [0.5, 0.6) is 0 Å². The molecule has 2 unspecified atom stereocenters. The molecule has 0 rings (SSSR count). The van der Waals surface area contributed by atoms with Crippen LogP contribution in [-0.4, -0.2) is 59.2 Å². The van der Waals surface area contributed by atoms with Gasteiger partial charge in [0, 0.05) is 13.5 Å². The Morgan fingerprint density at radius 1 is 1.08 bits per heavy atom. The Hall–Kier alpha value is -2.40. The average Bonchev–Trinajstić information content (AvgIpc) is 2.49. The molecule has 0 aliphatic carbocycles. The molecule has 0 saturated carbocycles. The third-order valence-electron chi connectivity index (χ3n) is 2.87. The number of carboxylic acids is 2. The molecule has 0 bridgehead atoms. The fourth-order valence-corrected chi connectivity index (χ4v) is 1.68. The van der Waals surface area contributed by atoms with E-state index >= 15 is 0 Å². The highest BCUT2D eigenvalue weighted by atomic mass is 16.4. The van der Waals surface area contributed by atoms with Crippen LogP contribution in [0.4, 0.5) is 0 Å². The minimum atomic E-state index is -1.08. The summed E-state index contributed by atoms with van der Waals surface area (Å²) in [6.45, 7) is 1.95. The molecule has 0 aliphatic heterocycles. The van der Waals surface area contributed by atoms with Crippen LogP contribution < -0.4 is 28.3 Å². The van der Waals surface area contributed by atoms with Gasteiger partial charge in [0.05, 0.1) is 6.04 Å². The molecule has 0 aliphatic rings. The van der Waals surface area contributed by atoms with Crippen molar-refractivity contribution in [3.8, 4) is 0 Å². The number of aliphatic imine (C=N–C) groups is 1. The zero-order valence-corrected chi connectivity index (χ0v) is 14.5. The molecule has 0 heterocycles. The summed E-state index contributed by atoms with van der Waals surface area (Å²) in [7, 11) is 0. The Kier molecular flexibility index (Phi) is 15.1. The lowest BCUT2D eigenvalue weighted by atomic mass is 10.1. The predicted octanol–water partition coefficient (Wildman–Crippen LogP) is -1.84. The molecule has 0 aromatic heterocycles. The molecular weight excluding hydrogens is 332 g/mol. The van der Waals surface area contributed by atoms with Crippen LogP contribution in [0.25, 0.3) is 0 Å². The summed E-state index contributed by atoms with van der Waals surface area (Å²) in [5.41, 5.74) is 21.4. The van der Waals surface area contributed by atoms with E-state index in [1.807, 2.05) is 0 Å². The SMILES string of the molecule is CC(=O)O.NCCCCC(NC(=O)C(N)CCCN=C(N)N)C(=O)O. The van der Waals surface area contributed by atoms with Crippen molar-refractivity contribution >= 4 is 23.8 Å². The largest absolute Gasteiger partial charge is 0.481 e. The molecule has 2 atom stereocenters. The molecular formula is C14H30N6O5. The molecule has 1 amide bonds. The van der Waals surface area contributed by atoms with Gasteiger partial charge in [0.2, 0.25) is 5.91 Å². The fourth-order valence-electron chi connectivity index (χ4n) is 1.68. The fraction of sp³-hybridized carbons (Fsp3) is 0.714. The second-order valence-electron chi connectivity index (χ2n) is 5.26. The third-order valence-corrected chi connectivity index (χ3v) is 2.87. The first kappa shape index (κ1) is 24.8. The van der Waals surface area contributed by atoms with Gasteiger partial charge >= 0.3 is 5.97 Å². The van der Waals surface area contributed by atoms with Gasteiger partial charge in [-0.2, -0.15) is 0 Å². The Bertz CT molecular complexity index is 435. The minimum absolute atomic E-state index is 0.0149. The average molecular weight is 362 g/mol. The van der Waals surface area contributed by atoms with E-state index in [9.17, 15) is 9.59 Å². The summed E-state index contributed by atoms with van der Waals surface area (Å²) in [5, 5.41) is 18.9. The van der Waals surface area contributed by atoms with Crippen LogP contribution in [-0.2, 0) is 14.4 Å². The van der Waals surface area contributed by atoms with Gasteiger partial charge in [-0.15, -0.1) is 0 Å². The topological polar surface area (TPSA) is 220 Å². The minimum Gasteiger partial charge on any atom is -0.481 e. The van der Waals surface area contributed by atoms with Crippen molar-refractivity contribution in [2.24, 2.45) is 27.9 Å². The smallest absolute Gasteiger partial charge is 0.326 e. The molecule has 0 spiro atoms. The number of nitrogens with zero attached hydrogens (tertiary/aromatic N) is 1. The van der Waals surface area contributed by atoms with Crippen molar-refractivity contribution in [3.63, 3.8) is 0 Å². The maximum absolute atomic E-state index is 11.8. The first-order valence-corrected chi connectivity index (χ1v) is 7.85. The molecule has 0 aromatic carbocycles. The van der Waals surface area contributed by atoms with Gasteiger partial charge in [0.1, 0.15) is 6.04 Å². The zero-order valence-electron chi connectivity index (χ0n) is 14.5. The lowest BCUT2D eigenvalue weighted by Crippen LogP contribution is -2.48. The summed E-state index contributed by atoms with van der Waals surface area (Å²) < 4.78 is 0. The van der Waals surface area contributed by atoms with E-state index in [2.05, 4.69) is 10.3 Å². The maximum atomic E-state index is 11.8. The van der Waals surface area contributed by atoms with Gasteiger partial charge in [-0.05, 0) is 38.6 Å². The second kappa shape index (κ2) is 15.1. The van der Waals surface area contributed by atoms with Crippen molar-refractivity contribution in [2.75, 3.05) is 13.1 Å². The van der Waals surface area contributed by atoms with Crippen LogP contribution >= 0.6 is 0 Å². The summed E-state index contributed by atoms with van der Waals surface area (Å²) in [6, 6.07) is -1.72. The number of carbonyl (C=O) groups excluding carboxylic acids is 1. The van der Waals surface area contributed by atoms with Crippen LogP contribution in [0.1, 0.15) is 39.0 Å². The van der Waals surface area contributed by atoms with Crippen molar-refractivity contribution < 1.29 is 24.6 Å². The second-order valence-corrected chi connectivity index (χ2v) is 5.26. The molecule has 11 heteroatoms. The molecule has 0 saturated heterocycles. The number of nitrogens with one attached hydrogen (secondary N) is 1. The van der Waals surface area contributed by atoms with E-state index in [4.69, 9.17) is 37.9 Å². The molecule has 0 aromatic rings. The number of carbonyl (C=O) groups is 3. The number of aliphatic carboxylic acids is 2. The van der Waals surface area contributed by atoms with E-state index in [1.54, 1.807) is 0 Å². The Balaban J connectivity index is 0. The molecule has 11 nitrogen and oxygen atoms in total.